The Labute approximate surface area is 51.3 Å². The van der Waals surface area contributed by atoms with Gasteiger partial charge < -0.3 is 0 Å². The fourth-order valence-electron chi connectivity index (χ4n) is 1.97. The third kappa shape index (κ3) is 0.667. The predicted molar refractivity (Wildman–Crippen MR) is 34.4 cm³/mol. The van der Waals surface area contributed by atoms with Gasteiger partial charge in [-0.05, 0) is 31.1 Å². The van der Waals surface area contributed by atoms with Crippen molar-refractivity contribution in [1.82, 2.24) is 0 Å². The standard InChI is InChI=1S/C8H13/c1-2-4-8-5-7(3-1)6-8/h7H,1-6H2. The summed E-state index contributed by atoms with van der Waals surface area (Å²) in [6, 6.07) is 0. The highest BCUT2D eigenvalue weighted by molar-refractivity contribution is 5.04. The highest BCUT2D eigenvalue weighted by Crippen LogP contribution is 2.44. The first-order chi connectivity index (χ1) is 3.95. The molecule has 0 heteroatoms. The first-order valence-electron chi connectivity index (χ1n) is 3.79. The molecule has 3 fully saturated rings. The van der Waals surface area contributed by atoms with Crippen molar-refractivity contribution in [3.05, 3.63) is 5.92 Å². The van der Waals surface area contributed by atoms with Crippen molar-refractivity contribution < 1.29 is 0 Å². The van der Waals surface area contributed by atoms with Gasteiger partial charge in [-0.15, -0.1) is 0 Å². The summed E-state index contributed by atoms with van der Waals surface area (Å²) in [6.45, 7) is 0. The van der Waals surface area contributed by atoms with E-state index in [4.69, 9.17) is 0 Å². The average molecular weight is 109 g/mol. The SMILES string of the molecule is C1CCC2C[C](C1)C2. The van der Waals surface area contributed by atoms with Gasteiger partial charge in [0.2, 0.25) is 0 Å². The zero-order valence-corrected chi connectivity index (χ0v) is 5.32. The van der Waals surface area contributed by atoms with Crippen LogP contribution in [0.2, 0.25) is 0 Å². The molecule has 3 aliphatic carbocycles. The first-order valence-corrected chi connectivity index (χ1v) is 3.79. The van der Waals surface area contributed by atoms with Crippen LogP contribution in [0.5, 0.6) is 0 Å². The molecule has 0 N–H and O–H groups in total. The van der Waals surface area contributed by atoms with E-state index in [1.54, 1.807) is 0 Å². The Morgan fingerprint density at radius 2 is 2.00 bits per heavy atom. The molecule has 3 saturated carbocycles. The lowest BCUT2D eigenvalue weighted by Gasteiger charge is -2.31. The van der Waals surface area contributed by atoms with Crippen molar-refractivity contribution in [1.29, 1.82) is 0 Å². The zero-order chi connectivity index (χ0) is 5.40. The molecule has 0 aromatic rings. The van der Waals surface area contributed by atoms with Gasteiger partial charge in [-0.1, -0.05) is 19.3 Å². The van der Waals surface area contributed by atoms with Gasteiger partial charge in [0.15, 0.2) is 0 Å². The van der Waals surface area contributed by atoms with Gasteiger partial charge in [-0.25, -0.2) is 0 Å². The Morgan fingerprint density at radius 3 is 2.88 bits per heavy atom. The number of hydrogen-bond acceptors (Lipinski definition) is 0. The lowest BCUT2D eigenvalue weighted by atomic mass is 9.74. The summed E-state index contributed by atoms with van der Waals surface area (Å²) >= 11 is 0. The van der Waals surface area contributed by atoms with Crippen LogP contribution < -0.4 is 0 Å². The lowest BCUT2D eigenvalue weighted by Crippen LogP contribution is -2.18. The van der Waals surface area contributed by atoms with Gasteiger partial charge in [-0.3, -0.25) is 0 Å². The summed E-state index contributed by atoms with van der Waals surface area (Å²) in [6.07, 6.45) is 9.00. The predicted octanol–water partition coefficient (Wildman–Crippen LogP) is 2.54. The molecular weight excluding hydrogens is 96.1 g/mol. The van der Waals surface area contributed by atoms with Gasteiger partial charge in [-0.2, -0.15) is 0 Å². The van der Waals surface area contributed by atoms with Gasteiger partial charge >= 0.3 is 0 Å². The molecule has 0 aromatic heterocycles. The molecule has 0 nitrogen and oxygen atoms in total. The van der Waals surface area contributed by atoms with Gasteiger partial charge in [0.25, 0.3) is 0 Å². The van der Waals surface area contributed by atoms with Crippen LogP contribution in [0.1, 0.15) is 38.5 Å². The maximum atomic E-state index is 1.87. The van der Waals surface area contributed by atoms with Crippen LogP contribution in [0.15, 0.2) is 0 Å². The summed E-state index contributed by atoms with van der Waals surface area (Å²) in [5, 5.41) is 0. The van der Waals surface area contributed by atoms with Crippen LogP contribution in [-0.4, -0.2) is 0 Å². The molecule has 0 atom stereocenters. The van der Waals surface area contributed by atoms with Crippen LogP contribution >= 0.6 is 0 Å². The van der Waals surface area contributed by atoms with E-state index in [0.717, 1.165) is 5.92 Å². The largest absolute Gasteiger partial charge is 0.0530 e. The molecule has 2 bridgehead atoms. The minimum atomic E-state index is 1.13. The molecule has 0 unspecified atom stereocenters. The smallest absolute Gasteiger partial charge is 0.0235 e. The second-order valence-corrected chi connectivity index (χ2v) is 3.27. The van der Waals surface area contributed by atoms with Gasteiger partial charge in [0.05, 0.1) is 0 Å². The minimum absolute atomic E-state index is 1.13. The fourth-order valence-corrected chi connectivity index (χ4v) is 1.97. The molecule has 0 heterocycles. The van der Waals surface area contributed by atoms with Crippen molar-refractivity contribution in [2.75, 3.05) is 0 Å². The molecule has 8 heavy (non-hydrogen) atoms. The molecular formula is C8H13. The van der Waals surface area contributed by atoms with Crippen molar-refractivity contribution in [3.8, 4) is 0 Å². The maximum Gasteiger partial charge on any atom is -0.0235 e. The monoisotopic (exact) mass is 109 g/mol. The van der Waals surface area contributed by atoms with E-state index in [1.165, 1.54) is 38.5 Å². The zero-order valence-electron chi connectivity index (χ0n) is 5.32. The second kappa shape index (κ2) is 1.75. The molecule has 0 aromatic carbocycles. The normalized spacial score (nSPS) is 31.5. The number of fused-ring (bicyclic) bond motifs is 3. The van der Waals surface area contributed by atoms with Crippen molar-refractivity contribution in [3.63, 3.8) is 0 Å². The molecule has 0 amide bonds. The van der Waals surface area contributed by atoms with Gasteiger partial charge in [0, 0.05) is 0 Å². The summed E-state index contributed by atoms with van der Waals surface area (Å²) in [5.74, 6) is 3.00. The van der Waals surface area contributed by atoms with Gasteiger partial charge in [0.1, 0.15) is 0 Å². The molecule has 0 saturated heterocycles. The van der Waals surface area contributed by atoms with Crippen molar-refractivity contribution >= 4 is 0 Å². The highest BCUT2D eigenvalue weighted by Gasteiger charge is 2.30. The number of rotatable bonds is 0. The topological polar surface area (TPSA) is 0 Å². The highest BCUT2D eigenvalue weighted by atomic mass is 14.4. The minimum Gasteiger partial charge on any atom is -0.0530 e. The quantitative estimate of drug-likeness (QED) is 0.448. The molecule has 3 aliphatic rings. The Kier molecular flexibility index (Phi) is 1.06. The lowest BCUT2D eigenvalue weighted by molar-refractivity contribution is 0.347. The third-order valence-corrected chi connectivity index (χ3v) is 2.55. The van der Waals surface area contributed by atoms with E-state index in [-0.39, 0.29) is 0 Å². The number of hydrogen-bond donors (Lipinski definition) is 0. The molecule has 3 rings (SSSR count). The van der Waals surface area contributed by atoms with E-state index in [1.807, 2.05) is 5.92 Å². The summed E-state index contributed by atoms with van der Waals surface area (Å²) in [4.78, 5) is 0. The Bertz CT molecular complexity index is 64.5. The first kappa shape index (κ1) is 4.84. The van der Waals surface area contributed by atoms with E-state index in [9.17, 15) is 0 Å². The van der Waals surface area contributed by atoms with Crippen molar-refractivity contribution in [2.24, 2.45) is 5.92 Å². The molecule has 45 valence electrons. The fraction of sp³-hybridized carbons (Fsp3) is 0.875. The summed E-state index contributed by atoms with van der Waals surface area (Å²) in [5.41, 5.74) is 0. The Balaban J connectivity index is 1.95. The van der Waals surface area contributed by atoms with Crippen LogP contribution in [0.25, 0.3) is 0 Å². The molecule has 0 aliphatic heterocycles. The van der Waals surface area contributed by atoms with Crippen LogP contribution in [0.3, 0.4) is 0 Å². The van der Waals surface area contributed by atoms with Crippen LogP contribution in [-0.2, 0) is 0 Å². The second-order valence-electron chi connectivity index (χ2n) is 3.27. The maximum absolute atomic E-state index is 1.87. The van der Waals surface area contributed by atoms with E-state index < -0.39 is 0 Å². The molecule has 0 spiro atoms. The summed E-state index contributed by atoms with van der Waals surface area (Å²) in [7, 11) is 0. The van der Waals surface area contributed by atoms with Crippen LogP contribution in [0, 0.1) is 11.8 Å². The van der Waals surface area contributed by atoms with E-state index >= 15 is 0 Å². The molecule has 1 radical (unpaired) electrons. The Morgan fingerprint density at radius 1 is 1.12 bits per heavy atom. The van der Waals surface area contributed by atoms with Crippen LogP contribution in [0.4, 0.5) is 0 Å². The average Bonchev–Trinajstić information content (AvgIpc) is 1.89. The Hall–Kier alpha value is 0. The third-order valence-electron chi connectivity index (χ3n) is 2.55. The van der Waals surface area contributed by atoms with E-state index in [2.05, 4.69) is 0 Å². The van der Waals surface area contributed by atoms with E-state index in [0.29, 0.717) is 0 Å². The van der Waals surface area contributed by atoms with Crippen molar-refractivity contribution in [2.45, 2.75) is 38.5 Å². The summed E-state index contributed by atoms with van der Waals surface area (Å²) < 4.78 is 0.